The minimum absolute atomic E-state index is 0.214. The Labute approximate surface area is 154 Å². The van der Waals surface area contributed by atoms with Crippen LogP contribution in [0.3, 0.4) is 0 Å². The Hall–Kier alpha value is -2.18. The van der Waals surface area contributed by atoms with Crippen molar-refractivity contribution in [1.29, 1.82) is 0 Å². The number of carbonyl (C=O) groups excluding carboxylic acids is 1. The number of esters is 1. The van der Waals surface area contributed by atoms with Gasteiger partial charge in [-0.25, -0.2) is 13.2 Å². The van der Waals surface area contributed by atoms with Crippen LogP contribution in [0.5, 0.6) is 5.75 Å². The minimum atomic E-state index is -3.51. The average Bonchev–Trinajstić information content (AvgIpc) is 2.94. The van der Waals surface area contributed by atoms with Crippen LogP contribution in [0.4, 0.5) is 0 Å². The third kappa shape index (κ3) is 4.31. The molecular formula is C20H23NO4S. The molecular weight excluding hydrogens is 350 g/mol. The fourth-order valence-electron chi connectivity index (χ4n) is 2.97. The SMILES string of the molecule is Cc1ccc(OC(=O)c2ccc(S(=O)(=O)N3CCCCCC3)cc2)cc1. The molecule has 0 amide bonds. The van der Waals surface area contributed by atoms with Crippen molar-refractivity contribution >= 4 is 16.0 Å². The van der Waals surface area contributed by atoms with E-state index in [1.165, 1.54) is 24.3 Å². The van der Waals surface area contributed by atoms with Crippen molar-refractivity contribution in [2.45, 2.75) is 37.5 Å². The highest BCUT2D eigenvalue weighted by atomic mass is 32.2. The lowest BCUT2D eigenvalue weighted by Crippen LogP contribution is -2.31. The molecule has 5 nitrogen and oxygen atoms in total. The lowest BCUT2D eigenvalue weighted by molar-refractivity contribution is 0.0734. The molecule has 0 N–H and O–H groups in total. The predicted molar refractivity (Wildman–Crippen MR) is 99.8 cm³/mol. The highest BCUT2D eigenvalue weighted by Crippen LogP contribution is 2.21. The number of rotatable bonds is 4. The summed E-state index contributed by atoms with van der Waals surface area (Å²) in [7, 11) is -3.51. The van der Waals surface area contributed by atoms with Crippen molar-refractivity contribution in [1.82, 2.24) is 4.31 Å². The molecule has 3 rings (SSSR count). The van der Waals surface area contributed by atoms with E-state index in [9.17, 15) is 13.2 Å². The number of benzene rings is 2. The van der Waals surface area contributed by atoms with Gasteiger partial charge < -0.3 is 4.74 Å². The topological polar surface area (TPSA) is 63.7 Å². The fraction of sp³-hybridized carbons (Fsp3) is 0.350. The molecule has 1 heterocycles. The van der Waals surface area contributed by atoms with Crippen molar-refractivity contribution in [2.75, 3.05) is 13.1 Å². The van der Waals surface area contributed by atoms with Gasteiger partial charge in [-0.15, -0.1) is 0 Å². The van der Waals surface area contributed by atoms with Crippen molar-refractivity contribution in [2.24, 2.45) is 0 Å². The monoisotopic (exact) mass is 373 g/mol. The summed E-state index contributed by atoms with van der Waals surface area (Å²) in [5.41, 5.74) is 1.40. The number of sulfonamides is 1. The summed E-state index contributed by atoms with van der Waals surface area (Å²) in [4.78, 5) is 12.4. The smallest absolute Gasteiger partial charge is 0.343 e. The van der Waals surface area contributed by atoms with Gasteiger partial charge in [-0.2, -0.15) is 4.31 Å². The molecule has 1 saturated heterocycles. The van der Waals surface area contributed by atoms with Gasteiger partial charge in [0.1, 0.15) is 5.75 Å². The lowest BCUT2D eigenvalue weighted by Gasteiger charge is -2.19. The second-order valence-electron chi connectivity index (χ2n) is 6.55. The first-order valence-corrected chi connectivity index (χ1v) is 10.3. The molecule has 0 unspecified atom stereocenters. The molecule has 0 aromatic heterocycles. The Kier molecular flexibility index (Phi) is 5.74. The van der Waals surface area contributed by atoms with E-state index in [-0.39, 0.29) is 4.90 Å². The summed E-state index contributed by atoms with van der Waals surface area (Å²) < 4.78 is 32.4. The molecule has 0 saturated carbocycles. The molecule has 1 aliphatic rings. The van der Waals surface area contributed by atoms with Crippen molar-refractivity contribution in [3.63, 3.8) is 0 Å². The molecule has 0 radical (unpaired) electrons. The molecule has 1 fully saturated rings. The molecule has 26 heavy (non-hydrogen) atoms. The van der Waals surface area contributed by atoms with E-state index in [2.05, 4.69) is 0 Å². The molecule has 1 aliphatic heterocycles. The van der Waals surface area contributed by atoms with E-state index in [0.717, 1.165) is 31.2 Å². The van der Waals surface area contributed by atoms with Gasteiger partial charge in [-0.05, 0) is 56.2 Å². The number of carbonyl (C=O) groups is 1. The van der Waals surface area contributed by atoms with E-state index in [1.807, 2.05) is 19.1 Å². The summed E-state index contributed by atoms with van der Waals surface area (Å²) in [6.45, 7) is 3.06. The highest BCUT2D eigenvalue weighted by molar-refractivity contribution is 7.89. The first kappa shape index (κ1) is 18.6. The molecule has 138 valence electrons. The maximum Gasteiger partial charge on any atom is 0.343 e. The second-order valence-corrected chi connectivity index (χ2v) is 8.48. The molecule has 2 aromatic rings. The average molecular weight is 373 g/mol. The van der Waals surface area contributed by atoms with Crippen LogP contribution in [0.25, 0.3) is 0 Å². The zero-order chi connectivity index (χ0) is 18.6. The molecule has 0 aliphatic carbocycles. The molecule has 6 heteroatoms. The van der Waals surface area contributed by atoms with E-state index in [0.29, 0.717) is 24.4 Å². The Morgan fingerprint density at radius 2 is 1.46 bits per heavy atom. The lowest BCUT2D eigenvalue weighted by atomic mass is 10.2. The Morgan fingerprint density at radius 1 is 0.885 bits per heavy atom. The number of hydrogen-bond acceptors (Lipinski definition) is 4. The minimum Gasteiger partial charge on any atom is -0.423 e. The van der Waals surface area contributed by atoms with E-state index in [4.69, 9.17) is 4.74 Å². The van der Waals surface area contributed by atoms with Gasteiger partial charge in [0.15, 0.2) is 0 Å². The van der Waals surface area contributed by atoms with Gasteiger partial charge in [0, 0.05) is 13.1 Å². The number of hydrogen-bond donors (Lipinski definition) is 0. The summed E-state index contributed by atoms with van der Waals surface area (Å²) in [6.07, 6.45) is 3.91. The van der Waals surface area contributed by atoms with Crippen LogP contribution < -0.4 is 4.74 Å². The number of aryl methyl sites for hydroxylation is 1. The van der Waals surface area contributed by atoms with Crippen LogP contribution >= 0.6 is 0 Å². The zero-order valence-electron chi connectivity index (χ0n) is 14.8. The molecule has 0 bridgehead atoms. The van der Waals surface area contributed by atoms with Crippen molar-refractivity contribution in [3.8, 4) is 5.75 Å². The Balaban J connectivity index is 1.72. The van der Waals surface area contributed by atoms with Crippen molar-refractivity contribution < 1.29 is 17.9 Å². The Morgan fingerprint density at radius 3 is 2.04 bits per heavy atom. The maximum atomic E-state index is 12.8. The summed E-state index contributed by atoms with van der Waals surface area (Å²) >= 11 is 0. The first-order chi connectivity index (χ1) is 12.5. The summed E-state index contributed by atoms with van der Waals surface area (Å²) in [5, 5.41) is 0. The number of nitrogens with zero attached hydrogens (tertiary/aromatic N) is 1. The van der Waals surface area contributed by atoms with Gasteiger partial charge in [0.25, 0.3) is 0 Å². The molecule has 0 atom stereocenters. The van der Waals surface area contributed by atoms with Crippen LogP contribution in [0.2, 0.25) is 0 Å². The number of ether oxygens (including phenoxy) is 1. The summed E-state index contributed by atoms with van der Waals surface area (Å²) in [6, 6.07) is 13.1. The van der Waals surface area contributed by atoms with Gasteiger partial charge in [-0.3, -0.25) is 0 Å². The fourth-order valence-corrected chi connectivity index (χ4v) is 4.48. The molecule has 2 aromatic carbocycles. The highest BCUT2D eigenvalue weighted by Gasteiger charge is 2.25. The van der Waals surface area contributed by atoms with Crippen LogP contribution in [0.1, 0.15) is 41.6 Å². The predicted octanol–water partition coefficient (Wildman–Crippen LogP) is 3.78. The third-order valence-electron chi connectivity index (χ3n) is 4.52. The van der Waals surface area contributed by atoms with Gasteiger partial charge >= 0.3 is 5.97 Å². The normalized spacial score (nSPS) is 16.0. The second kappa shape index (κ2) is 8.01. The largest absolute Gasteiger partial charge is 0.423 e. The standard InChI is InChI=1S/C20H23NO4S/c1-16-6-10-18(11-7-16)25-20(22)17-8-12-19(13-9-17)26(23,24)21-14-4-2-3-5-15-21/h6-13H,2-5,14-15H2,1H3. The zero-order valence-corrected chi connectivity index (χ0v) is 15.7. The van der Waals surface area contributed by atoms with Gasteiger partial charge in [-0.1, -0.05) is 30.5 Å². The van der Waals surface area contributed by atoms with E-state index >= 15 is 0 Å². The van der Waals surface area contributed by atoms with Crippen LogP contribution in [-0.4, -0.2) is 31.8 Å². The first-order valence-electron chi connectivity index (χ1n) is 8.86. The maximum absolute atomic E-state index is 12.8. The third-order valence-corrected chi connectivity index (χ3v) is 6.44. The van der Waals surface area contributed by atoms with Crippen LogP contribution in [-0.2, 0) is 10.0 Å². The summed E-state index contributed by atoms with van der Waals surface area (Å²) in [5.74, 6) is -0.0468. The van der Waals surface area contributed by atoms with Crippen LogP contribution in [0.15, 0.2) is 53.4 Å². The van der Waals surface area contributed by atoms with Gasteiger partial charge in [0.05, 0.1) is 10.5 Å². The Bertz CT molecular complexity index is 850. The van der Waals surface area contributed by atoms with Gasteiger partial charge in [0.2, 0.25) is 10.0 Å². The molecule has 0 spiro atoms. The quantitative estimate of drug-likeness (QED) is 0.604. The van der Waals surface area contributed by atoms with Crippen LogP contribution in [0, 0.1) is 6.92 Å². The van der Waals surface area contributed by atoms with E-state index < -0.39 is 16.0 Å². The van der Waals surface area contributed by atoms with E-state index in [1.54, 1.807) is 16.4 Å². The van der Waals surface area contributed by atoms with Crippen molar-refractivity contribution in [3.05, 3.63) is 59.7 Å².